The molecular weight excluding hydrogens is 112 g/mol. The molecule has 50 valence electrons. The normalized spacial score (nSPS) is 12.4. The van der Waals surface area contributed by atoms with E-state index in [-0.39, 0.29) is 0 Å². The fourth-order valence-electron chi connectivity index (χ4n) is 0.254. The Morgan fingerprint density at radius 3 is 2.78 bits per heavy atom. The largest absolute Gasteiger partial charge is 0.163 e. The lowest BCUT2D eigenvalue weighted by Crippen LogP contribution is -1.79. The van der Waals surface area contributed by atoms with Gasteiger partial charge in [-0.3, -0.25) is 0 Å². The summed E-state index contributed by atoms with van der Waals surface area (Å²) in [4.78, 5) is 0. The van der Waals surface area contributed by atoms with E-state index in [4.69, 9.17) is 0 Å². The number of nitrogens with zero attached hydrogens (tertiary/aromatic N) is 2. The second-order valence-electron chi connectivity index (χ2n) is 1.65. The van der Waals surface area contributed by atoms with Gasteiger partial charge < -0.3 is 0 Å². The Morgan fingerprint density at radius 2 is 2.33 bits per heavy atom. The van der Waals surface area contributed by atoms with E-state index >= 15 is 0 Å². The molecule has 0 aliphatic carbocycles. The minimum absolute atomic E-state index is 0.847. The van der Waals surface area contributed by atoms with Crippen LogP contribution in [0.5, 0.6) is 0 Å². The van der Waals surface area contributed by atoms with Crippen LogP contribution in [-0.2, 0) is 0 Å². The Hall–Kier alpha value is -0.920. The van der Waals surface area contributed by atoms with E-state index in [1.807, 2.05) is 13.8 Å². The summed E-state index contributed by atoms with van der Waals surface area (Å²) in [6.07, 6.45) is 4.36. The standard InChI is InChI=1S/C7H12N2/c1-4-6-8-9-7(3)5-2/h5-6H,2,4H2,1,3H3/b8-6-,9-7-. The van der Waals surface area contributed by atoms with Gasteiger partial charge in [0.2, 0.25) is 0 Å². The van der Waals surface area contributed by atoms with Gasteiger partial charge in [0, 0.05) is 6.21 Å². The maximum Gasteiger partial charge on any atom is 0.0593 e. The van der Waals surface area contributed by atoms with E-state index < -0.39 is 0 Å². The highest BCUT2D eigenvalue weighted by atomic mass is 15.2. The molecule has 2 nitrogen and oxygen atoms in total. The van der Waals surface area contributed by atoms with Crippen molar-refractivity contribution in [3.63, 3.8) is 0 Å². The number of hydrogen-bond acceptors (Lipinski definition) is 2. The zero-order valence-corrected chi connectivity index (χ0v) is 5.96. The molecule has 0 aromatic heterocycles. The van der Waals surface area contributed by atoms with Crippen LogP contribution in [0.15, 0.2) is 22.9 Å². The van der Waals surface area contributed by atoms with Gasteiger partial charge in [-0.25, -0.2) is 0 Å². The van der Waals surface area contributed by atoms with Gasteiger partial charge in [-0.05, 0) is 19.4 Å². The summed E-state index contributed by atoms with van der Waals surface area (Å²) in [7, 11) is 0. The van der Waals surface area contributed by atoms with Crippen molar-refractivity contribution in [2.24, 2.45) is 10.2 Å². The smallest absolute Gasteiger partial charge is 0.0593 e. The first-order valence-electron chi connectivity index (χ1n) is 2.99. The van der Waals surface area contributed by atoms with Crippen LogP contribution in [0.3, 0.4) is 0 Å². The van der Waals surface area contributed by atoms with Gasteiger partial charge in [0.05, 0.1) is 5.71 Å². The average Bonchev–Trinajstić information content (AvgIpc) is 1.89. The van der Waals surface area contributed by atoms with E-state index in [0.29, 0.717) is 0 Å². The van der Waals surface area contributed by atoms with Gasteiger partial charge in [-0.1, -0.05) is 13.5 Å². The highest BCUT2D eigenvalue weighted by Gasteiger charge is 1.74. The van der Waals surface area contributed by atoms with Crippen molar-refractivity contribution in [3.8, 4) is 0 Å². The van der Waals surface area contributed by atoms with E-state index in [9.17, 15) is 0 Å². The summed E-state index contributed by atoms with van der Waals surface area (Å²) in [5.41, 5.74) is 0.847. The van der Waals surface area contributed by atoms with Gasteiger partial charge in [-0.15, -0.1) is 0 Å². The van der Waals surface area contributed by atoms with Crippen molar-refractivity contribution in [3.05, 3.63) is 12.7 Å². The topological polar surface area (TPSA) is 24.7 Å². The molecule has 9 heavy (non-hydrogen) atoms. The van der Waals surface area contributed by atoms with Gasteiger partial charge in [-0.2, -0.15) is 10.2 Å². The molecular formula is C7H12N2. The Balaban J connectivity index is 3.68. The molecule has 0 aromatic rings. The average molecular weight is 124 g/mol. The minimum Gasteiger partial charge on any atom is -0.163 e. The third-order valence-electron chi connectivity index (χ3n) is 0.775. The molecule has 0 aliphatic heterocycles. The summed E-state index contributed by atoms with van der Waals surface area (Å²) in [5, 5.41) is 7.55. The second kappa shape index (κ2) is 5.22. The van der Waals surface area contributed by atoms with Crippen LogP contribution in [-0.4, -0.2) is 11.9 Å². The first-order valence-corrected chi connectivity index (χ1v) is 2.99. The zero-order chi connectivity index (χ0) is 7.11. The van der Waals surface area contributed by atoms with Gasteiger partial charge in [0.1, 0.15) is 0 Å². The second-order valence-corrected chi connectivity index (χ2v) is 1.65. The van der Waals surface area contributed by atoms with Crippen molar-refractivity contribution in [1.82, 2.24) is 0 Å². The van der Waals surface area contributed by atoms with Crippen LogP contribution in [0.2, 0.25) is 0 Å². The summed E-state index contributed by atoms with van der Waals surface area (Å²) in [6.45, 7) is 7.41. The summed E-state index contributed by atoms with van der Waals surface area (Å²) < 4.78 is 0. The first kappa shape index (κ1) is 8.08. The van der Waals surface area contributed by atoms with Gasteiger partial charge >= 0.3 is 0 Å². The van der Waals surface area contributed by atoms with Crippen LogP contribution < -0.4 is 0 Å². The molecule has 0 aliphatic rings. The predicted octanol–water partition coefficient (Wildman–Crippen LogP) is 2.03. The Kier molecular flexibility index (Phi) is 4.69. The van der Waals surface area contributed by atoms with E-state index in [0.717, 1.165) is 12.1 Å². The third kappa shape index (κ3) is 4.94. The van der Waals surface area contributed by atoms with Gasteiger partial charge in [0.25, 0.3) is 0 Å². The third-order valence-corrected chi connectivity index (χ3v) is 0.775. The van der Waals surface area contributed by atoms with Crippen molar-refractivity contribution in [1.29, 1.82) is 0 Å². The summed E-state index contributed by atoms with van der Waals surface area (Å²) in [5.74, 6) is 0. The zero-order valence-electron chi connectivity index (χ0n) is 5.96. The highest BCUT2D eigenvalue weighted by Crippen LogP contribution is 1.79. The van der Waals surface area contributed by atoms with Crippen molar-refractivity contribution in [2.45, 2.75) is 20.3 Å². The fraction of sp³-hybridized carbons (Fsp3) is 0.429. The summed E-state index contributed by atoms with van der Waals surface area (Å²) in [6, 6.07) is 0. The molecule has 0 amide bonds. The maximum atomic E-state index is 3.80. The molecule has 0 radical (unpaired) electrons. The SMILES string of the molecule is C=C/C(C)=N\N=C/CC. The molecule has 0 saturated heterocycles. The van der Waals surface area contributed by atoms with Crippen molar-refractivity contribution in [2.75, 3.05) is 0 Å². The van der Waals surface area contributed by atoms with Crippen molar-refractivity contribution >= 4 is 11.9 Å². The molecule has 0 spiro atoms. The maximum absolute atomic E-state index is 3.80. The van der Waals surface area contributed by atoms with Crippen LogP contribution in [0.1, 0.15) is 20.3 Å². The number of hydrogen-bond donors (Lipinski definition) is 0. The molecule has 0 rings (SSSR count). The van der Waals surface area contributed by atoms with E-state index in [1.54, 1.807) is 12.3 Å². The Morgan fingerprint density at radius 1 is 1.67 bits per heavy atom. The lowest BCUT2D eigenvalue weighted by molar-refractivity contribution is 1.20. The molecule has 0 bridgehead atoms. The Bertz CT molecular complexity index is 134. The monoisotopic (exact) mass is 124 g/mol. The highest BCUT2D eigenvalue weighted by molar-refractivity contribution is 5.92. The van der Waals surface area contributed by atoms with Crippen LogP contribution >= 0.6 is 0 Å². The first-order chi connectivity index (χ1) is 4.31. The van der Waals surface area contributed by atoms with Crippen LogP contribution in [0.25, 0.3) is 0 Å². The molecule has 2 heteroatoms. The summed E-state index contributed by atoms with van der Waals surface area (Å²) >= 11 is 0. The lowest BCUT2D eigenvalue weighted by Gasteiger charge is -1.81. The minimum atomic E-state index is 0.847. The predicted molar refractivity (Wildman–Crippen MR) is 42.1 cm³/mol. The van der Waals surface area contributed by atoms with Crippen molar-refractivity contribution < 1.29 is 0 Å². The number of rotatable bonds is 3. The molecule has 0 atom stereocenters. The molecule has 0 unspecified atom stereocenters. The van der Waals surface area contributed by atoms with Crippen LogP contribution in [0, 0.1) is 0 Å². The lowest BCUT2D eigenvalue weighted by atomic mass is 10.4. The quantitative estimate of drug-likeness (QED) is 0.406. The number of allylic oxidation sites excluding steroid dienone is 1. The molecule has 0 heterocycles. The fourth-order valence-corrected chi connectivity index (χ4v) is 0.254. The molecule has 0 saturated carbocycles. The van der Waals surface area contributed by atoms with E-state index in [2.05, 4.69) is 16.8 Å². The van der Waals surface area contributed by atoms with Crippen LogP contribution in [0.4, 0.5) is 0 Å². The van der Waals surface area contributed by atoms with E-state index in [1.165, 1.54) is 0 Å². The molecule has 0 aromatic carbocycles. The Labute approximate surface area is 56.0 Å². The molecule has 0 N–H and O–H groups in total. The van der Waals surface area contributed by atoms with Gasteiger partial charge in [0.15, 0.2) is 0 Å². The molecule has 0 fully saturated rings.